The van der Waals surface area contributed by atoms with Gasteiger partial charge in [0.15, 0.2) is 0 Å². The molecule has 4 nitrogen and oxygen atoms in total. The highest BCUT2D eigenvalue weighted by Crippen LogP contribution is 2.23. The van der Waals surface area contributed by atoms with Crippen molar-refractivity contribution in [2.24, 2.45) is 12.8 Å². The van der Waals surface area contributed by atoms with E-state index in [0.717, 1.165) is 23.6 Å². The Morgan fingerprint density at radius 3 is 2.94 bits per heavy atom. The number of nitrogens with zero attached hydrogens (tertiary/aromatic N) is 2. The minimum atomic E-state index is 0.439. The summed E-state index contributed by atoms with van der Waals surface area (Å²) in [5.74, 6) is 1.74. The third-order valence-electron chi connectivity index (χ3n) is 2.75. The fourth-order valence-corrected chi connectivity index (χ4v) is 1.88. The van der Waals surface area contributed by atoms with Gasteiger partial charge < -0.3 is 15.0 Å². The molecule has 2 aromatic rings. The van der Waals surface area contributed by atoms with Crippen molar-refractivity contribution in [3.8, 4) is 5.75 Å². The largest absolute Gasteiger partial charge is 0.493 e. The topological polar surface area (TPSA) is 53.1 Å². The van der Waals surface area contributed by atoms with Gasteiger partial charge in [0, 0.05) is 43.0 Å². The Balaban J connectivity index is 1.98. The Bertz CT molecular complexity index is 525. The molecule has 0 aliphatic heterocycles. The number of ether oxygens (including phenoxy) is 1. The van der Waals surface area contributed by atoms with E-state index in [-0.39, 0.29) is 0 Å². The maximum absolute atomic E-state index is 5.94. The fraction of sp³-hybridized carbons (Fsp3) is 0.308. The monoisotopic (exact) mass is 265 g/mol. The lowest BCUT2D eigenvalue weighted by Crippen LogP contribution is -2.08. The first-order chi connectivity index (χ1) is 8.70. The number of hydrogen-bond donors (Lipinski definition) is 1. The third kappa shape index (κ3) is 3.03. The van der Waals surface area contributed by atoms with Gasteiger partial charge in [0.25, 0.3) is 0 Å². The Kier molecular flexibility index (Phi) is 4.23. The Labute approximate surface area is 111 Å². The summed E-state index contributed by atoms with van der Waals surface area (Å²) >= 11 is 5.94. The number of aromatic nitrogens is 2. The Hall–Kier alpha value is -1.52. The van der Waals surface area contributed by atoms with Crippen LogP contribution in [0.15, 0.2) is 30.6 Å². The second kappa shape index (κ2) is 5.89. The summed E-state index contributed by atoms with van der Waals surface area (Å²) in [6.07, 6.45) is 4.44. The minimum Gasteiger partial charge on any atom is -0.493 e. The first kappa shape index (κ1) is 12.9. The third-order valence-corrected chi connectivity index (χ3v) is 2.99. The second-order valence-electron chi connectivity index (χ2n) is 4.01. The first-order valence-corrected chi connectivity index (χ1v) is 6.16. The first-order valence-electron chi connectivity index (χ1n) is 5.78. The van der Waals surface area contributed by atoms with Gasteiger partial charge in [-0.15, -0.1) is 0 Å². The molecule has 96 valence electrons. The van der Waals surface area contributed by atoms with E-state index in [0.29, 0.717) is 18.2 Å². The van der Waals surface area contributed by atoms with E-state index in [9.17, 15) is 0 Å². The number of benzene rings is 1. The number of halogens is 1. The van der Waals surface area contributed by atoms with Gasteiger partial charge in [0.2, 0.25) is 0 Å². The molecule has 0 aliphatic rings. The lowest BCUT2D eigenvalue weighted by molar-refractivity contribution is 0.314. The van der Waals surface area contributed by atoms with Gasteiger partial charge in [0.1, 0.15) is 11.6 Å². The number of nitrogens with two attached hydrogens (primary N) is 1. The highest BCUT2D eigenvalue weighted by Gasteiger charge is 2.05. The zero-order chi connectivity index (χ0) is 13.0. The zero-order valence-corrected chi connectivity index (χ0v) is 11.0. The lowest BCUT2D eigenvalue weighted by Gasteiger charge is -2.10. The SMILES string of the molecule is Cn1ccnc1CCOc1cc(Cl)ccc1CN. The molecule has 0 atom stereocenters. The van der Waals surface area contributed by atoms with Crippen LogP contribution in [0.2, 0.25) is 5.02 Å². The quantitative estimate of drug-likeness (QED) is 0.901. The molecule has 2 rings (SSSR count). The van der Waals surface area contributed by atoms with E-state index in [1.807, 2.05) is 29.9 Å². The minimum absolute atomic E-state index is 0.439. The van der Waals surface area contributed by atoms with Crippen molar-refractivity contribution in [3.63, 3.8) is 0 Å². The fourth-order valence-electron chi connectivity index (χ4n) is 1.72. The van der Waals surface area contributed by atoms with E-state index < -0.39 is 0 Å². The molecule has 0 saturated carbocycles. The van der Waals surface area contributed by atoms with Crippen LogP contribution in [0.4, 0.5) is 0 Å². The van der Waals surface area contributed by atoms with E-state index in [4.69, 9.17) is 22.1 Å². The molecular formula is C13H16ClN3O. The van der Waals surface area contributed by atoms with E-state index >= 15 is 0 Å². The van der Waals surface area contributed by atoms with Crippen LogP contribution >= 0.6 is 11.6 Å². The van der Waals surface area contributed by atoms with Crippen molar-refractivity contribution in [1.82, 2.24) is 9.55 Å². The molecule has 0 unspecified atom stereocenters. The van der Waals surface area contributed by atoms with Gasteiger partial charge in [-0.25, -0.2) is 4.98 Å². The summed E-state index contributed by atoms with van der Waals surface area (Å²) in [6.45, 7) is 0.993. The van der Waals surface area contributed by atoms with Crippen LogP contribution in [0.1, 0.15) is 11.4 Å². The Morgan fingerprint density at radius 2 is 2.28 bits per heavy atom. The molecular weight excluding hydrogens is 250 g/mol. The lowest BCUT2D eigenvalue weighted by atomic mass is 10.2. The standard InChI is InChI=1S/C13H16ClN3O/c1-17-6-5-16-13(17)4-7-18-12-8-11(14)3-2-10(12)9-15/h2-3,5-6,8H,4,7,9,15H2,1H3. The molecule has 0 bridgehead atoms. The van der Waals surface area contributed by atoms with Crippen LogP contribution < -0.4 is 10.5 Å². The van der Waals surface area contributed by atoms with Crippen LogP contribution in [0.3, 0.4) is 0 Å². The van der Waals surface area contributed by atoms with Crippen LogP contribution in [0, 0.1) is 0 Å². The molecule has 5 heteroatoms. The molecule has 2 N–H and O–H groups in total. The van der Waals surface area contributed by atoms with Crippen molar-refractivity contribution in [2.75, 3.05) is 6.61 Å². The summed E-state index contributed by atoms with van der Waals surface area (Å²) in [4.78, 5) is 4.24. The van der Waals surface area contributed by atoms with Crippen molar-refractivity contribution in [2.45, 2.75) is 13.0 Å². The number of imidazole rings is 1. The van der Waals surface area contributed by atoms with Crippen molar-refractivity contribution in [3.05, 3.63) is 47.0 Å². The second-order valence-corrected chi connectivity index (χ2v) is 4.45. The van der Waals surface area contributed by atoms with Gasteiger partial charge in [-0.2, -0.15) is 0 Å². The molecule has 18 heavy (non-hydrogen) atoms. The van der Waals surface area contributed by atoms with Gasteiger partial charge in [0.05, 0.1) is 6.61 Å². The normalized spacial score (nSPS) is 10.6. The maximum atomic E-state index is 5.94. The van der Waals surface area contributed by atoms with Gasteiger partial charge in [-0.3, -0.25) is 0 Å². The average molecular weight is 266 g/mol. The highest BCUT2D eigenvalue weighted by molar-refractivity contribution is 6.30. The number of rotatable bonds is 5. The zero-order valence-electron chi connectivity index (χ0n) is 10.3. The van der Waals surface area contributed by atoms with Crippen molar-refractivity contribution in [1.29, 1.82) is 0 Å². The Morgan fingerprint density at radius 1 is 1.44 bits per heavy atom. The van der Waals surface area contributed by atoms with E-state index in [1.54, 1.807) is 12.3 Å². The van der Waals surface area contributed by atoms with E-state index in [1.165, 1.54) is 0 Å². The molecule has 0 radical (unpaired) electrons. The molecule has 1 aromatic heterocycles. The van der Waals surface area contributed by atoms with Crippen LogP contribution in [-0.2, 0) is 20.0 Å². The smallest absolute Gasteiger partial charge is 0.125 e. The molecule has 0 fully saturated rings. The molecule has 0 spiro atoms. The van der Waals surface area contributed by atoms with Crippen molar-refractivity contribution >= 4 is 11.6 Å². The summed E-state index contributed by atoms with van der Waals surface area (Å²) in [7, 11) is 1.97. The molecule has 1 aromatic carbocycles. The van der Waals surface area contributed by atoms with Gasteiger partial charge in [-0.1, -0.05) is 17.7 Å². The van der Waals surface area contributed by atoms with Crippen molar-refractivity contribution < 1.29 is 4.74 Å². The maximum Gasteiger partial charge on any atom is 0.125 e. The highest BCUT2D eigenvalue weighted by atomic mass is 35.5. The summed E-state index contributed by atoms with van der Waals surface area (Å²) in [5.41, 5.74) is 6.61. The number of hydrogen-bond acceptors (Lipinski definition) is 3. The predicted octanol–water partition coefficient (Wildman–Crippen LogP) is 2.15. The molecule has 0 aliphatic carbocycles. The molecule has 1 heterocycles. The predicted molar refractivity (Wildman–Crippen MR) is 71.8 cm³/mol. The summed E-state index contributed by atoms with van der Waals surface area (Å²) in [5, 5.41) is 0.652. The summed E-state index contributed by atoms with van der Waals surface area (Å²) < 4.78 is 7.70. The van der Waals surface area contributed by atoms with Crippen LogP contribution in [0.5, 0.6) is 5.75 Å². The summed E-state index contributed by atoms with van der Waals surface area (Å²) in [6, 6.07) is 5.50. The average Bonchev–Trinajstić information content (AvgIpc) is 2.76. The van der Waals surface area contributed by atoms with Crippen LogP contribution in [-0.4, -0.2) is 16.2 Å². The van der Waals surface area contributed by atoms with Crippen LogP contribution in [0.25, 0.3) is 0 Å². The van der Waals surface area contributed by atoms with E-state index in [2.05, 4.69) is 4.98 Å². The number of aryl methyl sites for hydroxylation is 1. The molecule has 0 amide bonds. The van der Waals surface area contributed by atoms with Gasteiger partial charge >= 0.3 is 0 Å². The van der Waals surface area contributed by atoms with Gasteiger partial charge in [-0.05, 0) is 12.1 Å². The molecule has 0 saturated heterocycles.